The maximum Gasteiger partial charge on any atom is 0.0685 e. The average molecular weight is 463 g/mol. The van der Waals surface area contributed by atoms with E-state index in [1.807, 2.05) is 17.9 Å². The van der Waals surface area contributed by atoms with E-state index in [4.69, 9.17) is 0 Å². The summed E-state index contributed by atoms with van der Waals surface area (Å²) in [6, 6.07) is 25.7. The van der Waals surface area contributed by atoms with Gasteiger partial charge in [-0.05, 0) is 78.3 Å². The number of benzene rings is 3. The highest BCUT2D eigenvalue weighted by Gasteiger charge is 2.23. The zero-order valence-electron chi connectivity index (χ0n) is 21.0. The molecule has 4 aromatic rings. The van der Waals surface area contributed by atoms with Crippen LogP contribution in [0.1, 0.15) is 42.5 Å². The lowest BCUT2D eigenvalue weighted by molar-refractivity contribution is 0.209. The first kappa shape index (κ1) is 22.1. The number of hydrogen-bond donors (Lipinski definition) is 0. The molecule has 0 amide bonds. The minimum atomic E-state index is 0.627. The number of aromatic nitrogens is 2. The highest BCUT2D eigenvalue weighted by molar-refractivity contribution is 6.02. The van der Waals surface area contributed by atoms with Gasteiger partial charge in [0.15, 0.2) is 0 Å². The summed E-state index contributed by atoms with van der Waals surface area (Å²) in [7, 11) is 2.03. The first-order valence-corrected chi connectivity index (χ1v) is 12.9. The van der Waals surface area contributed by atoms with Crippen molar-refractivity contribution in [3.05, 3.63) is 95.2 Å². The summed E-state index contributed by atoms with van der Waals surface area (Å²) in [5.41, 5.74) is 10.8. The molecule has 3 aromatic carbocycles. The van der Waals surface area contributed by atoms with Crippen LogP contribution < -0.4 is 4.90 Å². The van der Waals surface area contributed by atoms with Gasteiger partial charge in [0, 0.05) is 50.3 Å². The Morgan fingerprint density at radius 2 is 1.54 bits per heavy atom. The van der Waals surface area contributed by atoms with E-state index in [-0.39, 0.29) is 0 Å². The summed E-state index contributed by atoms with van der Waals surface area (Å²) in [5.74, 6) is 0. The molecule has 4 nitrogen and oxygen atoms in total. The van der Waals surface area contributed by atoms with E-state index in [0.717, 1.165) is 39.0 Å². The standard InChI is InChI=1S/C31H34N4/c1-22(2)34-16-18-35(19-17-34)27-13-10-24(11-14-27)31-28-7-5-4-6-23(28)12-15-29(31)25-8-9-26-21-32-33(3)30(26)20-25/h4-11,13-14,20-22H,12,15-19H2,1-3H3. The smallest absolute Gasteiger partial charge is 0.0685 e. The third-order valence-electron chi connectivity index (χ3n) is 7.90. The van der Waals surface area contributed by atoms with E-state index in [0.29, 0.717) is 6.04 Å². The Bertz CT molecular complexity index is 1390. The lowest BCUT2D eigenvalue weighted by Gasteiger charge is -2.38. The number of hydrogen-bond acceptors (Lipinski definition) is 3. The zero-order chi connectivity index (χ0) is 23.9. The molecule has 1 fully saturated rings. The second kappa shape index (κ2) is 9.01. The Balaban J connectivity index is 1.40. The molecule has 0 saturated carbocycles. The van der Waals surface area contributed by atoms with Crippen LogP contribution in [0.3, 0.4) is 0 Å². The molecule has 178 valence electrons. The molecule has 0 radical (unpaired) electrons. The second-order valence-corrected chi connectivity index (χ2v) is 10.2. The van der Waals surface area contributed by atoms with Gasteiger partial charge in [-0.15, -0.1) is 0 Å². The van der Waals surface area contributed by atoms with Crippen molar-refractivity contribution in [2.24, 2.45) is 7.05 Å². The van der Waals surface area contributed by atoms with Crippen molar-refractivity contribution in [3.8, 4) is 0 Å². The van der Waals surface area contributed by atoms with Crippen LogP contribution in [0, 0.1) is 0 Å². The number of nitrogens with zero attached hydrogens (tertiary/aromatic N) is 4. The number of anilines is 1. The minimum absolute atomic E-state index is 0.627. The second-order valence-electron chi connectivity index (χ2n) is 10.2. The van der Waals surface area contributed by atoms with Crippen molar-refractivity contribution in [2.45, 2.75) is 32.7 Å². The van der Waals surface area contributed by atoms with Gasteiger partial charge in [-0.1, -0.05) is 48.5 Å². The van der Waals surface area contributed by atoms with Gasteiger partial charge in [-0.25, -0.2) is 0 Å². The fourth-order valence-corrected chi connectivity index (χ4v) is 5.82. The lowest BCUT2D eigenvalue weighted by Crippen LogP contribution is -2.48. The first-order chi connectivity index (χ1) is 17.1. The van der Waals surface area contributed by atoms with E-state index in [9.17, 15) is 0 Å². The van der Waals surface area contributed by atoms with Crippen LogP contribution in [0.4, 0.5) is 5.69 Å². The average Bonchev–Trinajstić information content (AvgIpc) is 3.28. The van der Waals surface area contributed by atoms with Crippen LogP contribution in [0.2, 0.25) is 0 Å². The molecule has 1 saturated heterocycles. The van der Waals surface area contributed by atoms with Gasteiger partial charge in [0.25, 0.3) is 0 Å². The van der Waals surface area contributed by atoms with Gasteiger partial charge < -0.3 is 4.90 Å². The largest absolute Gasteiger partial charge is 0.369 e. The Labute approximate surface area is 208 Å². The van der Waals surface area contributed by atoms with Gasteiger partial charge in [-0.3, -0.25) is 9.58 Å². The van der Waals surface area contributed by atoms with Crippen molar-refractivity contribution in [2.75, 3.05) is 31.1 Å². The highest BCUT2D eigenvalue weighted by Crippen LogP contribution is 2.41. The summed E-state index contributed by atoms with van der Waals surface area (Å²) in [6.07, 6.45) is 4.08. The molecule has 4 heteroatoms. The maximum absolute atomic E-state index is 4.46. The Hall–Kier alpha value is -3.37. The molecule has 35 heavy (non-hydrogen) atoms. The van der Waals surface area contributed by atoms with E-state index in [1.165, 1.54) is 50.0 Å². The van der Waals surface area contributed by atoms with Gasteiger partial charge in [0.05, 0.1) is 11.7 Å². The molecule has 2 aliphatic rings. The quantitative estimate of drug-likeness (QED) is 0.371. The van der Waals surface area contributed by atoms with Gasteiger partial charge in [0.2, 0.25) is 0 Å². The minimum Gasteiger partial charge on any atom is -0.369 e. The molecule has 2 heterocycles. The lowest BCUT2D eigenvalue weighted by atomic mass is 9.79. The molecule has 1 aromatic heterocycles. The van der Waals surface area contributed by atoms with Crippen LogP contribution in [0.25, 0.3) is 22.0 Å². The molecular formula is C31H34N4. The molecule has 1 aliphatic heterocycles. The van der Waals surface area contributed by atoms with Crippen LogP contribution in [-0.4, -0.2) is 46.9 Å². The number of allylic oxidation sites excluding steroid dienone is 1. The summed E-state index contributed by atoms with van der Waals surface area (Å²) in [4.78, 5) is 5.10. The Kier molecular flexibility index (Phi) is 5.69. The predicted octanol–water partition coefficient (Wildman–Crippen LogP) is 6.01. The normalized spacial score (nSPS) is 16.9. The van der Waals surface area contributed by atoms with Crippen molar-refractivity contribution in [3.63, 3.8) is 0 Å². The predicted molar refractivity (Wildman–Crippen MR) is 147 cm³/mol. The molecule has 6 rings (SSSR count). The monoisotopic (exact) mass is 462 g/mol. The molecule has 0 N–H and O–H groups in total. The van der Waals surface area contributed by atoms with Crippen LogP contribution in [0.15, 0.2) is 72.9 Å². The fourth-order valence-electron chi connectivity index (χ4n) is 5.82. The third kappa shape index (κ3) is 4.06. The topological polar surface area (TPSA) is 24.3 Å². The molecule has 0 bridgehead atoms. The van der Waals surface area contributed by atoms with E-state index in [1.54, 1.807) is 0 Å². The number of rotatable bonds is 4. The van der Waals surface area contributed by atoms with Gasteiger partial charge >= 0.3 is 0 Å². The van der Waals surface area contributed by atoms with Crippen molar-refractivity contribution in [1.82, 2.24) is 14.7 Å². The van der Waals surface area contributed by atoms with Gasteiger partial charge in [-0.2, -0.15) is 5.10 Å². The molecule has 1 aliphatic carbocycles. The number of aryl methyl sites for hydroxylation is 2. The molecule has 0 spiro atoms. The van der Waals surface area contributed by atoms with Crippen molar-refractivity contribution >= 4 is 27.7 Å². The van der Waals surface area contributed by atoms with E-state index < -0.39 is 0 Å². The van der Waals surface area contributed by atoms with E-state index in [2.05, 4.69) is 95.5 Å². The van der Waals surface area contributed by atoms with E-state index >= 15 is 0 Å². The summed E-state index contributed by atoms with van der Waals surface area (Å²) < 4.78 is 1.98. The highest BCUT2D eigenvalue weighted by atomic mass is 15.3. The summed E-state index contributed by atoms with van der Waals surface area (Å²) in [6.45, 7) is 9.06. The summed E-state index contributed by atoms with van der Waals surface area (Å²) in [5, 5.41) is 5.65. The molecular weight excluding hydrogens is 428 g/mol. The fraction of sp³-hybridized carbons (Fsp3) is 0.323. The van der Waals surface area contributed by atoms with Crippen molar-refractivity contribution < 1.29 is 0 Å². The maximum atomic E-state index is 4.46. The van der Waals surface area contributed by atoms with Crippen LogP contribution in [-0.2, 0) is 13.5 Å². The Morgan fingerprint density at radius 3 is 2.31 bits per heavy atom. The SMILES string of the molecule is CC(C)N1CCN(c2ccc(C3=C(c4ccc5cnn(C)c5c4)CCc4ccccc43)cc2)CC1. The third-order valence-corrected chi connectivity index (χ3v) is 7.90. The molecule has 0 atom stereocenters. The van der Waals surface area contributed by atoms with Crippen LogP contribution in [0.5, 0.6) is 0 Å². The number of fused-ring (bicyclic) bond motifs is 2. The Morgan fingerprint density at radius 1 is 0.800 bits per heavy atom. The zero-order valence-corrected chi connectivity index (χ0v) is 21.0. The first-order valence-electron chi connectivity index (χ1n) is 12.9. The van der Waals surface area contributed by atoms with Crippen molar-refractivity contribution in [1.29, 1.82) is 0 Å². The van der Waals surface area contributed by atoms with Gasteiger partial charge in [0.1, 0.15) is 0 Å². The number of piperazine rings is 1. The molecule has 0 unspecified atom stereocenters. The summed E-state index contributed by atoms with van der Waals surface area (Å²) >= 11 is 0. The van der Waals surface area contributed by atoms with Crippen LogP contribution >= 0.6 is 0 Å².